The van der Waals surface area contributed by atoms with Gasteiger partial charge in [-0.1, -0.05) is 0 Å². The highest BCUT2D eigenvalue weighted by molar-refractivity contribution is 5.73. The Morgan fingerprint density at radius 3 is 1.36 bits per heavy atom. The number of hydrogen-bond acceptors (Lipinski definition) is 31. The van der Waals surface area contributed by atoms with E-state index in [9.17, 15) is 96.0 Å². The molecule has 0 radical (unpaired) electrons. The molecule has 0 spiro atoms. The lowest BCUT2D eigenvalue weighted by Gasteiger charge is -2.51. The van der Waals surface area contributed by atoms with Gasteiger partial charge < -0.3 is 155 Å². The topological polar surface area (TPSA) is 510 Å². The average Bonchev–Trinajstić information content (AvgIpc) is 3.40. The first kappa shape index (κ1) is 63.4. The maximum atomic E-state index is 13.8. The number of ether oxygens (including phenoxy) is 12. The number of rotatable bonds is 23. The molecular formula is C43H75FN2O30. The summed E-state index contributed by atoms with van der Waals surface area (Å²) in [5, 5.41) is 186. The van der Waals surface area contributed by atoms with Crippen molar-refractivity contribution in [1.82, 2.24) is 5.32 Å². The van der Waals surface area contributed by atoms with Gasteiger partial charge in [-0.25, -0.2) is 4.39 Å². The number of hydrogen-bond donors (Lipinski definition) is 19. The number of nitrogens with two attached hydrogens (primary N) is 1. The molecule has 0 aromatic rings. The molecule has 76 heavy (non-hydrogen) atoms. The minimum atomic E-state index is -2.24. The van der Waals surface area contributed by atoms with Crippen LogP contribution in [0.4, 0.5) is 4.39 Å². The number of carbonyl (C=O) groups is 1. The van der Waals surface area contributed by atoms with Crippen molar-refractivity contribution in [2.24, 2.45) is 5.73 Å². The summed E-state index contributed by atoms with van der Waals surface area (Å²) >= 11 is 0. The van der Waals surface area contributed by atoms with Gasteiger partial charge in [-0.05, 0) is 25.8 Å². The normalized spacial score (nSPS) is 48.4. The van der Waals surface area contributed by atoms with E-state index in [1.54, 1.807) is 0 Å². The van der Waals surface area contributed by atoms with Gasteiger partial charge in [-0.2, -0.15) is 0 Å². The monoisotopic (exact) mass is 1120 g/mol. The molecule has 6 saturated heterocycles. The third kappa shape index (κ3) is 14.1. The van der Waals surface area contributed by atoms with Crippen molar-refractivity contribution >= 4 is 5.91 Å². The quantitative estimate of drug-likeness (QED) is 0.0423. The number of aliphatic hydroxyl groups is 17. The van der Waals surface area contributed by atoms with Crippen LogP contribution in [-0.4, -0.2) is 330 Å². The molecule has 0 bridgehead atoms. The van der Waals surface area contributed by atoms with Gasteiger partial charge in [0.15, 0.2) is 37.7 Å². The first-order chi connectivity index (χ1) is 36.2. The van der Waals surface area contributed by atoms with Gasteiger partial charge in [0, 0.05) is 13.5 Å². The van der Waals surface area contributed by atoms with E-state index in [-0.39, 0.29) is 6.61 Å². The number of unbranched alkanes of at least 4 members (excludes halogenated alkanes) is 2. The lowest BCUT2D eigenvalue weighted by molar-refractivity contribution is -0.393. The van der Waals surface area contributed by atoms with Gasteiger partial charge in [0.2, 0.25) is 5.91 Å². The molecule has 30 atom stereocenters. The zero-order valence-corrected chi connectivity index (χ0v) is 41.0. The molecule has 1 amide bonds. The predicted octanol–water partition coefficient (Wildman–Crippen LogP) is -11.8. The first-order valence-corrected chi connectivity index (χ1v) is 24.8. The minimum Gasteiger partial charge on any atom is -0.394 e. The van der Waals surface area contributed by atoms with E-state index < -0.39 is 230 Å². The van der Waals surface area contributed by atoms with Crippen molar-refractivity contribution in [1.29, 1.82) is 0 Å². The van der Waals surface area contributed by atoms with Crippen LogP contribution in [-0.2, 0) is 61.6 Å². The van der Waals surface area contributed by atoms with Crippen molar-refractivity contribution < 1.29 is 153 Å². The Labute approximate surface area is 432 Å². The van der Waals surface area contributed by atoms with E-state index in [2.05, 4.69) is 5.32 Å². The molecule has 0 saturated carbocycles. The van der Waals surface area contributed by atoms with Crippen molar-refractivity contribution in [3.05, 3.63) is 0 Å². The molecular weight excluding hydrogens is 1040 g/mol. The second-order valence-electron chi connectivity index (χ2n) is 19.2. The van der Waals surface area contributed by atoms with E-state index in [0.717, 1.165) is 6.92 Å². The minimum absolute atomic E-state index is 0.104. The second-order valence-corrected chi connectivity index (χ2v) is 19.2. The van der Waals surface area contributed by atoms with Gasteiger partial charge in [0.25, 0.3) is 0 Å². The van der Waals surface area contributed by atoms with Crippen LogP contribution in [0.3, 0.4) is 0 Å². The van der Waals surface area contributed by atoms with Crippen LogP contribution in [0.1, 0.15) is 26.2 Å². The predicted molar refractivity (Wildman–Crippen MR) is 236 cm³/mol. The van der Waals surface area contributed by atoms with E-state index in [0.29, 0.717) is 25.8 Å². The summed E-state index contributed by atoms with van der Waals surface area (Å²) in [6, 6.07) is -1.83. The van der Waals surface area contributed by atoms with Gasteiger partial charge >= 0.3 is 0 Å². The zero-order chi connectivity index (χ0) is 55.9. The Hall–Kier alpha value is -1.80. The molecule has 6 heterocycles. The van der Waals surface area contributed by atoms with Gasteiger partial charge in [-0.15, -0.1) is 0 Å². The van der Waals surface area contributed by atoms with E-state index >= 15 is 0 Å². The molecule has 6 aliphatic rings. The van der Waals surface area contributed by atoms with E-state index in [1.807, 2.05) is 0 Å². The van der Waals surface area contributed by atoms with Crippen LogP contribution in [0.5, 0.6) is 0 Å². The van der Waals surface area contributed by atoms with Crippen LogP contribution in [0.25, 0.3) is 0 Å². The fourth-order valence-electron chi connectivity index (χ4n) is 9.62. The van der Waals surface area contributed by atoms with Crippen molar-refractivity contribution in [2.75, 3.05) is 52.9 Å². The summed E-state index contributed by atoms with van der Waals surface area (Å²) in [6.45, 7) is -4.76. The van der Waals surface area contributed by atoms with E-state index in [1.165, 1.54) is 0 Å². The Morgan fingerprint density at radius 2 is 0.816 bits per heavy atom. The van der Waals surface area contributed by atoms with E-state index in [4.69, 9.17) is 62.6 Å². The number of nitrogens with one attached hydrogen (secondary N) is 1. The van der Waals surface area contributed by atoms with Crippen LogP contribution in [0.2, 0.25) is 0 Å². The number of aliphatic hydroxyl groups excluding tert-OH is 17. The molecule has 6 fully saturated rings. The maximum absolute atomic E-state index is 13.8. The largest absolute Gasteiger partial charge is 0.394 e. The molecule has 0 aromatic heterocycles. The lowest BCUT2D eigenvalue weighted by Crippen LogP contribution is -2.70. The lowest BCUT2D eigenvalue weighted by atomic mass is 9.94. The SMILES string of the molecule is CC(=O)N[C@H]1C(O[C@@H]2OC(CO)[C@H](O)C(O)[C@@H]2O[C@@H]2OC(CF)[C@@H](O)C(O)[C@@H]2O)[C@@H](O)C(CO)O[C@H]1O[C@@H]1C(O)[C@@H](O[C@H]2C(CO)O[C@@H](O[C@@H]3C(CO)O[C@@H](OCCCCCN)C(O)C3O)[C@@H](O)C2O)OC(CO)[C@@H]1O. The molecule has 13 unspecified atom stereocenters. The maximum Gasteiger partial charge on any atom is 0.217 e. The third-order valence-electron chi connectivity index (χ3n) is 13.9. The Bertz CT molecular complexity index is 1740. The van der Waals surface area contributed by atoms with Gasteiger partial charge in [0.1, 0.15) is 153 Å². The number of amides is 1. The van der Waals surface area contributed by atoms with Crippen molar-refractivity contribution in [3.63, 3.8) is 0 Å². The van der Waals surface area contributed by atoms with Gasteiger partial charge in [-0.3, -0.25) is 4.79 Å². The first-order valence-electron chi connectivity index (χ1n) is 24.8. The second kappa shape index (κ2) is 28.8. The van der Waals surface area contributed by atoms with Crippen LogP contribution < -0.4 is 11.1 Å². The molecule has 6 aliphatic heterocycles. The van der Waals surface area contributed by atoms with Crippen molar-refractivity contribution in [3.8, 4) is 0 Å². The highest BCUT2D eigenvalue weighted by Gasteiger charge is 2.58. The molecule has 0 aliphatic carbocycles. The number of alkyl halides is 1. The number of halogens is 1. The molecule has 0 aromatic carbocycles. The van der Waals surface area contributed by atoms with Crippen LogP contribution in [0.15, 0.2) is 0 Å². The summed E-state index contributed by atoms with van der Waals surface area (Å²) < 4.78 is 82.4. The fourth-order valence-corrected chi connectivity index (χ4v) is 9.62. The number of carbonyl (C=O) groups excluding carboxylic acids is 1. The summed E-state index contributed by atoms with van der Waals surface area (Å²) in [7, 11) is 0. The molecule has 33 heteroatoms. The van der Waals surface area contributed by atoms with Crippen LogP contribution >= 0.6 is 0 Å². The standard InChI is InChI=1S/C43H75FN2O30/c1-13(52)46-20-35(74-43-37(26(58)22(54)15(8-47)69-43)76-40-29(61)25(57)21(53)14(7-44)66-40)23(55)16(9-48)67-38(20)75-36-24(56)17(10-49)68-42(32(36)64)73-34-19(12-51)71-41(31(63)28(34)60)72-33-18(11-50)70-39(30(62)27(33)59)65-6-4-2-3-5-45/h14-43,47-51,53-64H,2-12,45H2,1H3,(H,46,52)/t14?,15?,16?,17?,18?,19?,20-,21+,22-,23-,24-,25?,26?,27?,28?,29-,30?,31-,32?,33+,34-,35?,36-,37-,38-,39+,40-,41-,42+,43-/m0/s1. The molecule has 444 valence electrons. The Kier molecular flexibility index (Phi) is 24.0. The summed E-state index contributed by atoms with van der Waals surface area (Å²) in [6.07, 6.45) is -53.7. The fraction of sp³-hybridized carbons (Fsp3) is 0.977. The average molecular weight is 1120 g/mol. The molecule has 20 N–H and O–H groups in total. The summed E-state index contributed by atoms with van der Waals surface area (Å²) in [4.78, 5) is 12.8. The summed E-state index contributed by atoms with van der Waals surface area (Å²) in [5.74, 6) is -0.892. The Balaban J connectivity index is 1.20. The van der Waals surface area contributed by atoms with Gasteiger partial charge in [0.05, 0.1) is 33.0 Å². The van der Waals surface area contributed by atoms with Crippen LogP contribution in [0, 0.1) is 0 Å². The highest BCUT2D eigenvalue weighted by Crippen LogP contribution is 2.37. The third-order valence-corrected chi connectivity index (χ3v) is 13.9. The summed E-state index contributed by atoms with van der Waals surface area (Å²) in [5.41, 5.74) is 5.50. The highest BCUT2D eigenvalue weighted by atomic mass is 19.1. The smallest absolute Gasteiger partial charge is 0.217 e. The Morgan fingerprint density at radius 1 is 0.421 bits per heavy atom. The molecule has 6 rings (SSSR count). The molecule has 32 nitrogen and oxygen atoms in total. The zero-order valence-electron chi connectivity index (χ0n) is 41.0. The van der Waals surface area contributed by atoms with Crippen molar-refractivity contribution in [2.45, 2.75) is 210 Å².